The highest BCUT2D eigenvalue weighted by Crippen LogP contribution is 2.32. The van der Waals surface area contributed by atoms with Crippen LogP contribution in [0.2, 0.25) is 0 Å². The molecule has 1 fully saturated rings. The van der Waals surface area contributed by atoms with Gasteiger partial charge in [0.1, 0.15) is 11.9 Å². The molecule has 186 valence electrons. The lowest BCUT2D eigenvalue weighted by atomic mass is 9.87. The fourth-order valence-electron chi connectivity index (χ4n) is 4.59. The summed E-state index contributed by atoms with van der Waals surface area (Å²) in [7, 11) is 0. The number of halogens is 1. The lowest BCUT2D eigenvalue weighted by Gasteiger charge is -2.37. The van der Waals surface area contributed by atoms with Crippen LogP contribution in [0.1, 0.15) is 47.4 Å². The van der Waals surface area contributed by atoms with Crippen LogP contribution in [0.25, 0.3) is 0 Å². The highest BCUT2D eigenvalue weighted by atomic mass is 19.1. The molecular formula is C26H30FN3O5. The molecule has 2 aromatic rings. The van der Waals surface area contributed by atoms with Gasteiger partial charge in [0, 0.05) is 37.3 Å². The van der Waals surface area contributed by atoms with Crippen LogP contribution in [-0.4, -0.2) is 66.5 Å². The van der Waals surface area contributed by atoms with E-state index in [0.717, 1.165) is 0 Å². The van der Waals surface area contributed by atoms with Gasteiger partial charge in [-0.05, 0) is 75.1 Å². The number of likely N-dealkylation sites (tertiary alicyclic amines) is 1. The first-order chi connectivity index (χ1) is 16.9. The van der Waals surface area contributed by atoms with Crippen LogP contribution in [0.4, 0.5) is 4.39 Å². The lowest BCUT2D eigenvalue weighted by Crippen LogP contribution is -2.54. The number of carbonyl (C=O) groups is 3. The molecule has 35 heavy (non-hydrogen) atoms. The van der Waals surface area contributed by atoms with Crippen LogP contribution in [-0.2, 0) is 4.79 Å². The maximum atomic E-state index is 13.4. The van der Waals surface area contributed by atoms with Crippen molar-refractivity contribution in [2.45, 2.75) is 32.7 Å². The number of rotatable bonds is 7. The van der Waals surface area contributed by atoms with Gasteiger partial charge in [0.25, 0.3) is 11.8 Å². The molecule has 0 bridgehead atoms. The molecular weight excluding hydrogens is 453 g/mol. The van der Waals surface area contributed by atoms with Crippen LogP contribution >= 0.6 is 0 Å². The first-order valence-corrected chi connectivity index (χ1v) is 11.9. The number of benzene rings is 2. The number of nitrogens with one attached hydrogen (secondary N) is 1. The number of fused-ring (bicyclic) bond motifs is 1. The summed E-state index contributed by atoms with van der Waals surface area (Å²) in [5.74, 6) is -0.104. The molecule has 0 aliphatic carbocycles. The summed E-state index contributed by atoms with van der Waals surface area (Å²) >= 11 is 0. The molecule has 0 saturated carbocycles. The van der Waals surface area contributed by atoms with Gasteiger partial charge in [-0.3, -0.25) is 14.4 Å². The quantitative estimate of drug-likeness (QED) is 0.654. The van der Waals surface area contributed by atoms with E-state index in [1.165, 1.54) is 24.3 Å². The van der Waals surface area contributed by atoms with Crippen molar-refractivity contribution in [1.29, 1.82) is 0 Å². The van der Waals surface area contributed by atoms with Gasteiger partial charge in [0.2, 0.25) is 12.7 Å². The van der Waals surface area contributed by atoms with Crippen LogP contribution in [0.3, 0.4) is 0 Å². The van der Waals surface area contributed by atoms with Crippen LogP contribution < -0.4 is 14.8 Å². The maximum absolute atomic E-state index is 13.4. The number of ether oxygens (including phenoxy) is 2. The minimum absolute atomic E-state index is 0.110. The Kier molecular flexibility index (Phi) is 7.53. The topological polar surface area (TPSA) is 88.2 Å². The van der Waals surface area contributed by atoms with Crippen molar-refractivity contribution in [3.63, 3.8) is 0 Å². The van der Waals surface area contributed by atoms with Crippen LogP contribution in [0.15, 0.2) is 42.5 Å². The molecule has 0 aromatic heterocycles. The normalized spacial score (nSPS) is 16.0. The molecule has 2 heterocycles. The summed E-state index contributed by atoms with van der Waals surface area (Å²) in [5.41, 5.74) is 0.812. The number of hydrogen-bond donors (Lipinski definition) is 1. The minimum atomic E-state index is -0.712. The van der Waals surface area contributed by atoms with Crippen molar-refractivity contribution < 1.29 is 28.2 Å². The molecule has 0 unspecified atom stereocenters. The van der Waals surface area contributed by atoms with Gasteiger partial charge < -0.3 is 24.6 Å². The Morgan fingerprint density at radius 1 is 1.00 bits per heavy atom. The van der Waals surface area contributed by atoms with Crippen molar-refractivity contribution in [2.24, 2.45) is 5.92 Å². The van der Waals surface area contributed by atoms with E-state index in [4.69, 9.17) is 9.47 Å². The monoisotopic (exact) mass is 483 g/mol. The van der Waals surface area contributed by atoms with E-state index in [2.05, 4.69) is 5.32 Å². The Morgan fingerprint density at radius 3 is 2.29 bits per heavy atom. The number of nitrogens with zero attached hydrogens (tertiary/aromatic N) is 2. The number of hydrogen-bond acceptors (Lipinski definition) is 5. The first kappa shape index (κ1) is 24.5. The summed E-state index contributed by atoms with van der Waals surface area (Å²) in [5, 5.41) is 2.95. The minimum Gasteiger partial charge on any atom is -0.454 e. The van der Waals surface area contributed by atoms with Gasteiger partial charge in [-0.15, -0.1) is 0 Å². The smallest absolute Gasteiger partial charge is 0.253 e. The molecule has 8 nitrogen and oxygen atoms in total. The summed E-state index contributed by atoms with van der Waals surface area (Å²) in [6.45, 7) is 5.88. The standard InChI is InChI=1S/C26H30FN3O5/c1-3-29(4-2)26(33)23(28-24(31)19-7-10-21-22(15-19)35-16-34-21)17-11-13-30(14-12-17)25(32)18-5-8-20(27)9-6-18/h5-10,15,17,23H,3-4,11-14,16H2,1-2H3,(H,28,31)/t23-/m1/s1. The molecule has 3 amide bonds. The SMILES string of the molecule is CCN(CC)C(=O)[C@H](NC(=O)c1ccc2c(c1)OCO2)C1CCN(C(=O)c2ccc(F)cc2)CC1. The first-order valence-electron chi connectivity index (χ1n) is 11.9. The van der Waals surface area contributed by atoms with Crippen molar-refractivity contribution in [1.82, 2.24) is 15.1 Å². The molecule has 2 aliphatic heterocycles. The summed E-state index contributed by atoms with van der Waals surface area (Å²) in [6.07, 6.45) is 1.12. The molecule has 1 N–H and O–H groups in total. The van der Waals surface area contributed by atoms with E-state index in [9.17, 15) is 18.8 Å². The van der Waals surface area contributed by atoms with E-state index in [1.807, 2.05) is 13.8 Å². The third kappa shape index (κ3) is 5.39. The number of piperidine rings is 1. The van der Waals surface area contributed by atoms with E-state index in [1.54, 1.807) is 28.0 Å². The average Bonchev–Trinajstić information content (AvgIpc) is 3.36. The average molecular weight is 484 g/mol. The van der Waals surface area contributed by atoms with Gasteiger partial charge in [-0.2, -0.15) is 0 Å². The van der Waals surface area contributed by atoms with Gasteiger partial charge in [0.05, 0.1) is 0 Å². The third-order valence-electron chi connectivity index (χ3n) is 6.65. The fourth-order valence-corrected chi connectivity index (χ4v) is 4.59. The van der Waals surface area contributed by atoms with Gasteiger partial charge >= 0.3 is 0 Å². The van der Waals surface area contributed by atoms with Crippen molar-refractivity contribution in [3.05, 3.63) is 59.4 Å². The molecule has 2 aliphatic rings. The highest BCUT2D eigenvalue weighted by Gasteiger charge is 2.36. The van der Waals surface area contributed by atoms with E-state index < -0.39 is 11.9 Å². The number of likely N-dealkylation sites (N-methyl/N-ethyl adjacent to an activating group) is 1. The Balaban J connectivity index is 1.47. The van der Waals surface area contributed by atoms with Gasteiger partial charge in [-0.25, -0.2) is 4.39 Å². The van der Waals surface area contributed by atoms with E-state index in [0.29, 0.717) is 61.6 Å². The zero-order chi connectivity index (χ0) is 24.9. The lowest BCUT2D eigenvalue weighted by molar-refractivity contribution is -0.134. The second-order valence-corrected chi connectivity index (χ2v) is 8.67. The van der Waals surface area contributed by atoms with Crippen LogP contribution in [0.5, 0.6) is 11.5 Å². The maximum Gasteiger partial charge on any atom is 0.253 e. The zero-order valence-electron chi connectivity index (χ0n) is 20.0. The van der Waals surface area contributed by atoms with E-state index in [-0.39, 0.29) is 30.4 Å². The van der Waals surface area contributed by atoms with E-state index >= 15 is 0 Å². The number of amides is 3. The Labute approximate surface area is 204 Å². The zero-order valence-corrected chi connectivity index (χ0v) is 20.0. The Hall–Kier alpha value is -3.62. The van der Waals surface area contributed by atoms with Crippen molar-refractivity contribution >= 4 is 17.7 Å². The molecule has 4 rings (SSSR count). The number of carbonyl (C=O) groups excluding carboxylic acids is 3. The second-order valence-electron chi connectivity index (χ2n) is 8.67. The second kappa shape index (κ2) is 10.8. The van der Waals surface area contributed by atoms with Crippen molar-refractivity contribution in [2.75, 3.05) is 33.0 Å². The summed E-state index contributed by atoms with van der Waals surface area (Å²) < 4.78 is 23.9. The fraction of sp³-hybridized carbons (Fsp3) is 0.423. The molecule has 1 saturated heterocycles. The van der Waals surface area contributed by atoms with Gasteiger partial charge in [-0.1, -0.05) is 0 Å². The molecule has 0 spiro atoms. The molecule has 9 heteroatoms. The van der Waals surface area contributed by atoms with Gasteiger partial charge in [0.15, 0.2) is 11.5 Å². The Morgan fingerprint density at radius 2 is 1.63 bits per heavy atom. The van der Waals surface area contributed by atoms with Crippen molar-refractivity contribution in [3.8, 4) is 11.5 Å². The summed E-state index contributed by atoms with van der Waals surface area (Å²) in [4.78, 5) is 42.7. The third-order valence-corrected chi connectivity index (χ3v) is 6.65. The Bertz CT molecular complexity index is 1080. The highest BCUT2D eigenvalue weighted by molar-refractivity contribution is 5.98. The molecule has 1 atom stereocenters. The summed E-state index contributed by atoms with van der Waals surface area (Å²) in [6, 6.07) is 9.71. The molecule has 2 aromatic carbocycles. The predicted octanol–water partition coefficient (Wildman–Crippen LogP) is 3.07. The largest absolute Gasteiger partial charge is 0.454 e. The predicted molar refractivity (Wildman–Crippen MR) is 127 cm³/mol. The van der Waals surface area contributed by atoms with Crippen LogP contribution in [0, 0.1) is 11.7 Å². The molecule has 0 radical (unpaired) electrons.